The monoisotopic (exact) mass is 424 g/mol. The van der Waals surface area contributed by atoms with E-state index in [2.05, 4.69) is 10.1 Å². The number of carbonyl (C=O) groups is 1. The van der Waals surface area contributed by atoms with Crippen molar-refractivity contribution in [1.82, 2.24) is 19.5 Å². The van der Waals surface area contributed by atoms with Gasteiger partial charge in [-0.2, -0.15) is 0 Å². The van der Waals surface area contributed by atoms with E-state index in [9.17, 15) is 14.7 Å². The van der Waals surface area contributed by atoms with Crippen molar-refractivity contribution in [3.8, 4) is 11.4 Å². The van der Waals surface area contributed by atoms with Crippen molar-refractivity contribution in [3.63, 3.8) is 0 Å². The summed E-state index contributed by atoms with van der Waals surface area (Å²) in [5, 5.41) is 14.5. The number of benzene rings is 2. The molecule has 0 saturated carbocycles. The first-order valence-corrected chi connectivity index (χ1v) is 10.2. The van der Waals surface area contributed by atoms with Crippen LogP contribution in [0, 0.1) is 0 Å². The number of aliphatic hydroxyl groups excluding tert-OH is 1. The van der Waals surface area contributed by atoms with Crippen LogP contribution in [0.15, 0.2) is 63.9 Å². The molecule has 1 amide bonds. The predicted molar refractivity (Wildman–Crippen MR) is 118 cm³/mol. The standard InChI is InChI=1S/C23H28N4O4/c1-4-26(14-17-10-12-19(13-11-17)22(29)25(2)3)15-20(28)16-27-21(24-31-23(27)30)18-8-6-5-7-9-18/h5-13,20,28H,4,14-16H2,1-3H3. The Balaban J connectivity index is 1.65. The predicted octanol–water partition coefficient (Wildman–Crippen LogP) is 2.09. The van der Waals surface area contributed by atoms with Gasteiger partial charge in [-0.15, -0.1) is 0 Å². The van der Waals surface area contributed by atoms with Gasteiger partial charge in [0.25, 0.3) is 5.91 Å². The number of nitrogens with zero attached hydrogens (tertiary/aromatic N) is 4. The van der Waals surface area contributed by atoms with Gasteiger partial charge in [0.1, 0.15) is 0 Å². The van der Waals surface area contributed by atoms with Crippen molar-refractivity contribution >= 4 is 5.91 Å². The zero-order valence-corrected chi connectivity index (χ0v) is 18.1. The molecule has 3 rings (SSSR count). The highest BCUT2D eigenvalue weighted by atomic mass is 16.5. The molecule has 3 aromatic rings. The smallest absolute Gasteiger partial charge is 0.390 e. The lowest BCUT2D eigenvalue weighted by Gasteiger charge is -2.24. The lowest BCUT2D eigenvalue weighted by molar-refractivity contribution is 0.0827. The normalized spacial score (nSPS) is 12.2. The number of rotatable bonds is 9. The minimum atomic E-state index is -0.783. The molecule has 1 unspecified atom stereocenters. The van der Waals surface area contributed by atoms with Crippen LogP contribution in [0.4, 0.5) is 0 Å². The molecule has 1 aromatic heterocycles. The fourth-order valence-corrected chi connectivity index (χ4v) is 3.37. The lowest BCUT2D eigenvalue weighted by Crippen LogP contribution is -2.36. The maximum Gasteiger partial charge on any atom is 0.441 e. The summed E-state index contributed by atoms with van der Waals surface area (Å²) in [7, 11) is 3.45. The fourth-order valence-electron chi connectivity index (χ4n) is 3.37. The highest BCUT2D eigenvalue weighted by Gasteiger charge is 2.18. The Kier molecular flexibility index (Phi) is 7.38. The lowest BCUT2D eigenvalue weighted by atomic mass is 10.1. The molecule has 0 aliphatic heterocycles. The van der Waals surface area contributed by atoms with E-state index in [1.165, 1.54) is 4.57 Å². The van der Waals surface area contributed by atoms with Gasteiger partial charge in [0.2, 0.25) is 0 Å². The van der Waals surface area contributed by atoms with Gasteiger partial charge in [0.05, 0.1) is 12.6 Å². The van der Waals surface area contributed by atoms with Crippen LogP contribution in [0.3, 0.4) is 0 Å². The molecular formula is C23H28N4O4. The van der Waals surface area contributed by atoms with Crippen molar-refractivity contribution in [1.29, 1.82) is 0 Å². The van der Waals surface area contributed by atoms with Crippen LogP contribution < -0.4 is 5.76 Å². The number of hydrogen-bond donors (Lipinski definition) is 1. The van der Waals surface area contributed by atoms with E-state index in [1.807, 2.05) is 61.5 Å². The van der Waals surface area contributed by atoms with Crippen LogP contribution in [0.1, 0.15) is 22.8 Å². The average molecular weight is 425 g/mol. The highest BCUT2D eigenvalue weighted by Crippen LogP contribution is 2.16. The van der Waals surface area contributed by atoms with E-state index in [0.717, 1.165) is 17.7 Å². The topological polar surface area (TPSA) is 91.8 Å². The van der Waals surface area contributed by atoms with Crippen LogP contribution in [0.2, 0.25) is 0 Å². The summed E-state index contributed by atoms with van der Waals surface area (Å²) in [5.74, 6) is -0.237. The second-order valence-corrected chi connectivity index (χ2v) is 7.63. The van der Waals surface area contributed by atoms with E-state index in [0.29, 0.717) is 24.5 Å². The molecule has 2 aromatic carbocycles. The molecule has 1 heterocycles. The van der Waals surface area contributed by atoms with Crippen molar-refractivity contribution in [2.75, 3.05) is 27.2 Å². The van der Waals surface area contributed by atoms with Gasteiger partial charge in [-0.1, -0.05) is 54.5 Å². The first-order valence-electron chi connectivity index (χ1n) is 10.2. The Hall–Kier alpha value is -3.23. The van der Waals surface area contributed by atoms with Crippen molar-refractivity contribution in [3.05, 3.63) is 76.3 Å². The summed E-state index contributed by atoms with van der Waals surface area (Å²) in [6.07, 6.45) is -0.783. The second kappa shape index (κ2) is 10.2. The second-order valence-electron chi connectivity index (χ2n) is 7.63. The molecule has 8 nitrogen and oxygen atoms in total. The summed E-state index contributed by atoms with van der Waals surface area (Å²) in [6.45, 7) is 3.81. The summed E-state index contributed by atoms with van der Waals surface area (Å²) >= 11 is 0. The van der Waals surface area contributed by atoms with E-state index in [4.69, 9.17) is 4.52 Å². The van der Waals surface area contributed by atoms with Crippen molar-refractivity contribution < 1.29 is 14.4 Å². The van der Waals surface area contributed by atoms with Gasteiger partial charge in [-0.25, -0.2) is 4.79 Å². The number of amides is 1. The number of hydrogen-bond acceptors (Lipinski definition) is 6. The summed E-state index contributed by atoms with van der Waals surface area (Å²) in [6, 6.07) is 16.7. The highest BCUT2D eigenvalue weighted by molar-refractivity contribution is 5.93. The SMILES string of the molecule is CCN(Cc1ccc(C(=O)N(C)C)cc1)CC(O)Cn1c(-c2ccccc2)noc1=O. The Bertz CT molecular complexity index is 1040. The number of aromatic nitrogens is 2. The first-order chi connectivity index (χ1) is 14.9. The summed E-state index contributed by atoms with van der Waals surface area (Å²) in [5.41, 5.74) is 2.42. The molecule has 31 heavy (non-hydrogen) atoms. The van der Waals surface area contributed by atoms with Crippen LogP contribution in [-0.4, -0.2) is 63.8 Å². The zero-order chi connectivity index (χ0) is 22.4. The molecule has 0 aliphatic carbocycles. The molecule has 1 atom stereocenters. The minimum absolute atomic E-state index is 0.0392. The molecule has 8 heteroatoms. The minimum Gasteiger partial charge on any atom is -0.390 e. The van der Waals surface area contributed by atoms with Gasteiger partial charge >= 0.3 is 5.76 Å². The van der Waals surface area contributed by atoms with Gasteiger partial charge in [-0.3, -0.25) is 18.8 Å². The Labute approximate surface area is 181 Å². The molecule has 1 N–H and O–H groups in total. The number of likely N-dealkylation sites (N-methyl/N-ethyl adjacent to an activating group) is 1. The first kappa shape index (κ1) is 22.5. The van der Waals surface area contributed by atoms with E-state index in [-0.39, 0.29) is 12.5 Å². The molecule has 0 bridgehead atoms. The van der Waals surface area contributed by atoms with Crippen LogP contribution >= 0.6 is 0 Å². The number of carbonyl (C=O) groups excluding carboxylic acids is 1. The van der Waals surface area contributed by atoms with Gasteiger partial charge in [0.15, 0.2) is 5.82 Å². The van der Waals surface area contributed by atoms with Gasteiger partial charge in [-0.05, 0) is 24.2 Å². The molecule has 0 fully saturated rings. The molecule has 164 valence electrons. The molecule has 0 spiro atoms. The molecular weight excluding hydrogens is 396 g/mol. The van der Waals surface area contributed by atoms with E-state index >= 15 is 0 Å². The maximum absolute atomic E-state index is 12.1. The quantitative estimate of drug-likeness (QED) is 0.566. The van der Waals surface area contributed by atoms with E-state index < -0.39 is 11.9 Å². The third kappa shape index (κ3) is 5.68. The Morgan fingerprint density at radius 1 is 1.13 bits per heavy atom. The fraction of sp³-hybridized carbons (Fsp3) is 0.348. The maximum atomic E-state index is 12.1. The third-order valence-electron chi connectivity index (χ3n) is 5.04. The van der Waals surface area contributed by atoms with Crippen LogP contribution in [0.25, 0.3) is 11.4 Å². The molecule has 0 radical (unpaired) electrons. The zero-order valence-electron chi connectivity index (χ0n) is 18.1. The van der Waals surface area contributed by atoms with Crippen molar-refractivity contribution in [2.45, 2.75) is 26.1 Å². The Morgan fingerprint density at radius 3 is 2.42 bits per heavy atom. The van der Waals surface area contributed by atoms with Gasteiger partial charge < -0.3 is 10.0 Å². The summed E-state index contributed by atoms with van der Waals surface area (Å²) in [4.78, 5) is 27.8. The largest absolute Gasteiger partial charge is 0.441 e. The third-order valence-corrected chi connectivity index (χ3v) is 5.04. The van der Waals surface area contributed by atoms with Gasteiger partial charge in [0, 0.05) is 38.3 Å². The molecule has 0 aliphatic rings. The van der Waals surface area contributed by atoms with E-state index in [1.54, 1.807) is 19.0 Å². The average Bonchev–Trinajstić information content (AvgIpc) is 3.13. The molecule has 0 saturated heterocycles. The van der Waals surface area contributed by atoms with Crippen LogP contribution in [0.5, 0.6) is 0 Å². The summed E-state index contributed by atoms with van der Waals surface area (Å²) < 4.78 is 6.18. The van der Waals surface area contributed by atoms with Crippen LogP contribution in [-0.2, 0) is 13.1 Å². The number of aliphatic hydroxyl groups is 1. The van der Waals surface area contributed by atoms with Crippen molar-refractivity contribution in [2.24, 2.45) is 0 Å². The Morgan fingerprint density at radius 2 is 1.81 bits per heavy atom.